The summed E-state index contributed by atoms with van der Waals surface area (Å²) >= 11 is 6.15. The first-order valence-electron chi connectivity index (χ1n) is 7.70. The van der Waals surface area contributed by atoms with Crippen molar-refractivity contribution in [3.8, 4) is 0 Å². The van der Waals surface area contributed by atoms with Crippen molar-refractivity contribution >= 4 is 17.5 Å². The summed E-state index contributed by atoms with van der Waals surface area (Å²) in [5.74, 6) is 0.689. The van der Waals surface area contributed by atoms with E-state index in [9.17, 15) is 4.79 Å². The van der Waals surface area contributed by atoms with E-state index >= 15 is 0 Å². The van der Waals surface area contributed by atoms with E-state index in [0.717, 1.165) is 17.0 Å². The van der Waals surface area contributed by atoms with Crippen LogP contribution >= 0.6 is 11.6 Å². The maximum Gasteiger partial charge on any atom is 0.225 e. The molecule has 0 unspecified atom stereocenters. The molecule has 4 nitrogen and oxygen atoms in total. The van der Waals surface area contributed by atoms with Crippen molar-refractivity contribution in [1.82, 2.24) is 14.9 Å². The number of imidazole rings is 1. The number of carbonyl (C=O) groups is 1. The zero-order chi connectivity index (χ0) is 16.9. The van der Waals surface area contributed by atoms with Gasteiger partial charge in [0.05, 0.1) is 6.42 Å². The SMILES string of the molecule is Cn1ccnc1[C@@H](NC(=O)Cc1ccccc1Cl)c1ccccc1. The van der Waals surface area contributed by atoms with Gasteiger partial charge in [0.1, 0.15) is 11.9 Å². The van der Waals surface area contributed by atoms with Crippen LogP contribution in [0, 0.1) is 0 Å². The second kappa shape index (κ2) is 7.32. The Morgan fingerprint density at radius 2 is 1.88 bits per heavy atom. The lowest BCUT2D eigenvalue weighted by Gasteiger charge is -2.19. The molecule has 1 atom stereocenters. The van der Waals surface area contributed by atoms with E-state index in [1.807, 2.05) is 66.3 Å². The van der Waals surface area contributed by atoms with Crippen LogP contribution < -0.4 is 5.32 Å². The van der Waals surface area contributed by atoms with E-state index < -0.39 is 0 Å². The van der Waals surface area contributed by atoms with Gasteiger partial charge in [-0.15, -0.1) is 0 Å². The Hall–Kier alpha value is -2.59. The van der Waals surface area contributed by atoms with Crippen LogP contribution in [0.3, 0.4) is 0 Å². The van der Waals surface area contributed by atoms with E-state index in [-0.39, 0.29) is 18.4 Å². The number of rotatable bonds is 5. The molecule has 0 fully saturated rings. The third kappa shape index (κ3) is 3.66. The predicted octanol–water partition coefficient (Wildman–Crippen LogP) is 3.52. The van der Waals surface area contributed by atoms with Crippen molar-refractivity contribution < 1.29 is 4.79 Å². The highest BCUT2D eigenvalue weighted by Gasteiger charge is 2.20. The Bertz CT molecular complexity index is 829. The summed E-state index contributed by atoms with van der Waals surface area (Å²) in [6.07, 6.45) is 3.82. The van der Waals surface area contributed by atoms with Crippen molar-refractivity contribution in [3.05, 3.63) is 89.0 Å². The molecule has 5 heteroatoms. The molecule has 3 aromatic rings. The third-order valence-electron chi connectivity index (χ3n) is 3.86. The molecule has 0 saturated heterocycles. The molecule has 0 radical (unpaired) electrons. The van der Waals surface area contributed by atoms with Crippen molar-refractivity contribution in [2.45, 2.75) is 12.5 Å². The normalized spacial score (nSPS) is 11.9. The molecule has 3 rings (SSSR count). The van der Waals surface area contributed by atoms with Crippen LogP contribution in [0.25, 0.3) is 0 Å². The highest BCUT2D eigenvalue weighted by Crippen LogP contribution is 2.21. The van der Waals surface area contributed by atoms with E-state index in [1.54, 1.807) is 12.3 Å². The largest absolute Gasteiger partial charge is 0.342 e. The van der Waals surface area contributed by atoms with E-state index in [2.05, 4.69) is 10.3 Å². The Morgan fingerprint density at radius 1 is 1.17 bits per heavy atom. The number of carbonyl (C=O) groups excluding carboxylic acids is 1. The summed E-state index contributed by atoms with van der Waals surface area (Å²) in [5, 5.41) is 3.67. The number of benzene rings is 2. The van der Waals surface area contributed by atoms with Gasteiger partial charge < -0.3 is 9.88 Å². The Labute approximate surface area is 146 Å². The molecule has 0 aliphatic carbocycles. The zero-order valence-electron chi connectivity index (χ0n) is 13.3. The number of hydrogen-bond acceptors (Lipinski definition) is 2. The molecule has 1 amide bonds. The molecular formula is C19H18ClN3O. The minimum atomic E-state index is -0.304. The smallest absolute Gasteiger partial charge is 0.225 e. The number of aryl methyl sites for hydroxylation is 1. The molecule has 0 aliphatic rings. The number of aromatic nitrogens is 2. The number of nitrogens with one attached hydrogen (secondary N) is 1. The van der Waals surface area contributed by atoms with Crippen molar-refractivity contribution in [3.63, 3.8) is 0 Å². The third-order valence-corrected chi connectivity index (χ3v) is 4.23. The minimum Gasteiger partial charge on any atom is -0.342 e. The predicted molar refractivity (Wildman–Crippen MR) is 94.8 cm³/mol. The van der Waals surface area contributed by atoms with Crippen molar-refractivity contribution in [1.29, 1.82) is 0 Å². The van der Waals surface area contributed by atoms with Gasteiger partial charge in [-0.3, -0.25) is 4.79 Å². The molecule has 1 heterocycles. The van der Waals surface area contributed by atoms with Crippen LogP contribution in [0.2, 0.25) is 5.02 Å². The first kappa shape index (κ1) is 16.3. The second-order valence-electron chi connectivity index (χ2n) is 5.58. The Kier molecular flexibility index (Phi) is 4.96. The van der Waals surface area contributed by atoms with Gasteiger partial charge in [-0.25, -0.2) is 4.98 Å². The number of amides is 1. The lowest BCUT2D eigenvalue weighted by Crippen LogP contribution is -2.32. The van der Waals surface area contributed by atoms with Gasteiger partial charge >= 0.3 is 0 Å². The Morgan fingerprint density at radius 3 is 2.54 bits per heavy atom. The summed E-state index contributed by atoms with van der Waals surface area (Å²) in [4.78, 5) is 16.9. The topological polar surface area (TPSA) is 46.9 Å². The average molecular weight is 340 g/mol. The molecule has 122 valence electrons. The first-order valence-corrected chi connectivity index (χ1v) is 8.08. The highest BCUT2D eigenvalue weighted by molar-refractivity contribution is 6.31. The molecule has 1 N–H and O–H groups in total. The fourth-order valence-electron chi connectivity index (χ4n) is 2.62. The maximum absolute atomic E-state index is 12.5. The van der Waals surface area contributed by atoms with E-state index in [1.165, 1.54) is 0 Å². The standard InChI is InChI=1S/C19H18ClN3O/c1-23-12-11-21-19(23)18(14-7-3-2-4-8-14)22-17(24)13-15-9-5-6-10-16(15)20/h2-12,18H,13H2,1H3,(H,22,24)/t18-/m0/s1. The van der Waals surface area contributed by atoms with Crippen LogP contribution in [-0.4, -0.2) is 15.5 Å². The minimum absolute atomic E-state index is 0.0973. The maximum atomic E-state index is 12.5. The van der Waals surface area contributed by atoms with Crippen molar-refractivity contribution in [2.75, 3.05) is 0 Å². The second-order valence-corrected chi connectivity index (χ2v) is 5.98. The van der Waals surface area contributed by atoms with Gasteiger partial charge in [0.25, 0.3) is 0 Å². The van der Waals surface area contributed by atoms with Crippen LogP contribution in [0.4, 0.5) is 0 Å². The quantitative estimate of drug-likeness (QED) is 0.773. The number of hydrogen-bond donors (Lipinski definition) is 1. The van der Waals surface area contributed by atoms with Gasteiger partial charge in [0, 0.05) is 24.5 Å². The highest BCUT2D eigenvalue weighted by atomic mass is 35.5. The summed E-state index contributed by atoms with van der Waals surface area (Å²) in [7, 11) is 1.92. The van der Waals surface area contributed by atoms with E-state index in [0.29, 0.717) is 5.02 Å². The lowest BCUT2D eigenvalue weighted by atomic mass is 10.1. The first-order chi connectivity index (χ1) is 11.6. The van der Waals surface area contributed by atoms with Crippen molar-refractivity contribution in [2.24, 2.45) is 7.05 Å². The van der Waals surface area contributed by atoms with Gasteiger partial charge in [0.2, 0.25) is 5.91 Å². The molecule has 0 saturated carbocycles. The molecule has 0 spiro atoms. The molecule has 24 heavy (non-hydrogen) atoms. The fraction of sp³-hybridized carbons (Fsp3) is 0.158. The lowest BCUT2D eigenvalue weighted by molar-refractivity contribution is -0.121. The monoisotopic (exact) mass is 339 g/mol. The molecule has 0 bridgehead atoms. The number of halogens is 1. The van der Waals surface area contributed by atoms with Gasteiger partial charge in [0.15, 0.2) is 0 Å². The number of nitrogens with zero attached hydrogens (tertiary/aromatic N) is 2. The van der Waals surface area contributed by atoms with Gasteiger partial charge in [-0.2, -0.15) is 0 Å². The Balaban J connectivity index is 1.84. The summed E-state index contributed by atoms with van der Waals surface area (Å²) in [6, 6.07) is 16.9. The molecule has 1 aromatic heterocycles. The molecule has 2 aromatic carbocycles. The summed E-state index contributed by atoms with van der Waals surface area (Å²) in [6.45, 7) is 0. The van der Waals surface area contributed by atoms with Crippen LogP contribution in [0.1, 0.15) is 23.0 Å². The fourth-order valence-corrected chi connectivity index (χ4v) is 2.83. The average Bonchev–Trinajstić information content (AvgIpc) is 3.01. The molecular weight excluding hydrogens is 322 g/mol. The van der Waals surface area contributed by atoms with E-state index in [4.69, 9.17) is 11.6 Å². The summed E-state index contributed by atoms with van der Waals surface area (Å²) in [5.41, 5.74) is 1.79. The zero-order valence-corrected chi connectivity index (χ0v) is 14.1. The van der Waals surface area contributed by atoms with Crippen LogP contribution in [0.15, 0.2) is 67.0 Å². The summed E-state index contributed by atoms with van der Waals surface area (Å²) < 4.78 is 1.91. The van der Waals surface area contributed by atoms with Gasteiger partial charge in [-0.1, -0.05) is 60.1 Å². The molecule has 0 aliphatic heterocycles. The van der Waals surface area contributed by atoms with Gasteiger partial charge in [-0.05, 0) is 17.2 Å². The van der Waals surface area contributed by atoms with Crippen LogP contribution in [-0.2, 0) is 18.3 Å². The van der Waals surface area contributed by atoms with Crippen LogP contribution in [0.5, 0.6) is 0 Å².